The summed E-state index contributed by atoms with van der Waals surface area (Å²) in [5.41, 5.74) is 7.94. The minimum atomic E-state index is -0.721. The highest BCUT2D eigenvalue weighted by atomic mass is 19.1. The van der Waals surface area contributed by atoms with Gasteiger partial charge in [-0.3, -0.25) is 9.78 Å². The van der Waals surface area contributed by atoms with Crippen molar-refractivity contribution in [3.63, 3.8) is 0 Å². The summed E-state index contributed by atoms with van der Waals surface area (Å²) in [6, 6.07) is 8.13. The summed E-state index contributed by atoms with van der Waals surface area (Å²) in [6.45, 7) is 3.71. The highest BCUT2D eigenvalue weighted by Crippen LogP contribution is 2.38. The number of hydrogen-bond acceptors (Lipinski definition) is 5. The topological polar surface area (TPSA) is 101 Å². The summed E-state index contributed by atoms with van der Waals surface area (Å²) in [6.07, 6.45) is 3.90. The maximum atomic E-state index is 14.5. The van der Waals surface area contributed by atoms with Gasteiger partial charge in [-0.25, -0.2) is 13.8 Å². The number of aliphatic hydroxyl groups excluding tert-OH is 1. The highest BCUT2D eigenvalue weighted by Gasteiger charge is 2.34. The van der Waals surface area contributed by atoms with Crippen LogP contribution in [0.5, 0.6) is 0 Å². The minimum Gasteiger partial charge on any atom is -0.391 e. The average Bonchev–Trinajstić information content (AvgIpc) is 2.79. The zero-order valence-corrected chi connectivity index (χ0v) is 18.4. The smallest absolute Gasteiger partial charge is 0.274 e. The van der Waals surface area contributed by atoms with E-state index in [-0.39, 0.29) is 34.8 Å². The number of nitrogens with one attached hydrogen (secondary N) is 1. The number of nitrogens with zero attached hydrogens (tertiary/aromatic N) is 2. The molecule has 1 aliphatic carbocycles. The Morgan fingerprint density at radius 2 is 1.91 bits per heavy atom. The predicted molar refractivity (Wildman–Crippen MR) is 122 cm³/mol. The third-order valence-electron chi connectivity index (χ3n) is 6.23. The molecule has 1 saturated carbocycles. The van der Waals surface area contributed by atoms with Gasteiger partial charge in [-0.15, -0.1) is 0 Å². The Labute approximate surface area is 190 Å². The van der Waals surface area contributed by atoms with Crippen molar-refractivity contribution in [2.24, 2.45) is 11.7 Å². The third-order valence-corrected chi connectivity index (χ3v) is 6.23. The van der Waals surface area contributed by atoms with Crippen LogP contribution in [0, 0.1) is 24.5 Å². The van der Waals surface area contributed by atoms with Gasteiger partial charge in [-0.05, 0) is 67.5 Å². The first-order chi connectivity index (χ1) is 15.7. The van der Waals surface area contributed by atoms with Crippen molar-refractivity contribution in [1.82, 2.24) is 9.97 Å². The first kappa shape index (κ1) is 22.9. The standard InChI is InChI=1S/C25H26F2N4O2/c1-13-3-4-18(26)17(9-13)23-19(27)5-6-21(30-23)25(33)31-22-12-29-8-7-16(22)15-10-14(2)24(32)20(28)11-15/h3-9,12,14-15,20,24,32H,10-11,28H2,1-2H3,(H,31,33)/t14-,15+,20+,24?/m0/s1. The molecule has 1 unspecified atom stereocenters. The van der Waals surface area contributed by atoms with Crippen LogP contribution in [-0.2, 0) is 0 Å². The molecule has 1 amide bonds. The quantitative estimate of drug-likeness (QED) is 0.551. The average molecular weight is 453 g/mol. The van der Waals surface area contributed by atoms with Crippen molar-refractivity contribution in [1.29, 1.82) is 0 Å². The third kappa shape index (κ3) is 4.77. The lowest BCUT2D eigenvalue weighted by Gasteiger charge is -2.36. The van der Waals surface area contributed by atoms with E-state index in [1.807, 2.05) is 13.0 Å². The maximum Gasteiger partial charge on any atom is 0.274 e. The molecule has 4 N–H and O–H groups in total. The zero-order valence-electron chi connectivity index (χ0n) is 18.4. The summed E-state index contributed by atoms with van der Waals surface area (Å²) in [5, 5.41) is 13.0. The van der Waals surface area contributed by atoms with Crippen LogP contribution in [0.1, 0.15) is 47.3 Å². The van der Waals surface area contributed by atoms with Gasteiger partial charge in [0.25, 0.3) is 5.91 Å². The monoisotopic (exact) mass is 452 g/mol. The van der Waals surface area contributed by atoms with Gasteiger partial charge >= 0.3 is 0 Å². The van der Waals surface area contributed by atoms with E-state index in [2.05, 4.69) is 15.3 Å². The number of rotatable bonds is 4. The van der Waals surface area contributed by atoms with Gasteiger partial charge in [-0.2, -0.15) is 0 Å². The molecule has 1 fully saturated rings. The molecule has 4 rings (SSSR count). The summed E-state index contributed by atoms with van der Waals surface area (Å²) in [5.74, 6) is -1.85. The van der Waals surface area contributed by atoms with Gasteiger partial charge in [0.05, 0.1) is 18.0 Å². The van der Waals surface area contributed by atoms with Gasteiger partial charge < -0.3 is 16.2 Å². The van der Waals surface area contributed by atoms with Gasteiger partial charge in [-0.1, -0.05) is 18.6 Å². The molecule has 2 heterocycles. The van der Waals surface area contributed by atoms with Crippen LogP contribution in [-0.4, -0.2) is 33.1 Å². The number of benzene rings is 1. The van der Waals surface area contributed by atoms with E-state index in [0.29, 0.717) is 18.5 Å². The minimum absolute atomic E-state index is 0.00652. The molecule has 6 nitrogen and oxygen atoms in total. The molecule has 0 bridgehead atoms. The molecule has 1 aromatic carbocycles. The number of hydrogen-bond donors (Lipinski definition) is 3. The fraction of sp³-hybridized carbons (Fsp3) is 0.320. The fourth-order valence-corrected chi connectivity index (χ4v) is 4.46. The Morgan fingerprint density at radius 1 is 1.15 bits per heavy atom. The lowest BCUT2D eigenvalue weighted by molar-refractivity contribution is 0.0521. The van der Waals surface area contributed by atoms with Crippen LogP contribution in [0.15, 0.2) is 48.8 Å². The Bertz CT molecular complexity index is 1170. The van der Waals surface area contributed by atoms with E-state index >= 15 is 0 Å². The first-order valence-electron chi connectivity index (χ1n) is 10.9. The van der Waals surface area contributed by atoms with Crippen molar-refractivity contribution < 1.29 is 18.7 Å². The zero-order chi connectivity index (χ0) is 23.7. The van der Waals surface area contributed by atoms with E-state index in [1.54, 1.807) is 25.4 Å². The number of aryl methyl sites for hydroxylation is 1. The van der Waals surface area contributed by atoms with Gasteiger partial charge in [0, 0.05) is 17.8 Å². The van der Waals surface area contributed by atoms with Crippen LogP contribution in [0.4, 0.5) is 14.5 Å². The maximum absolute atomic E-state index is 14.5. The molecular formula is C25H26F2N4O2. The normalized spacial score (nSPS) is 22.7. The second kappa shape index (κ2) is 9.33. The molecule has 33 heavy (non-hydrogen) atoms. The van der Waals surface area contributed by atoms with Gasteiger partial charge in [0.2, 0.25) is 0 Å². The molecule has 0 saturated heterocycles. The Hall–Kier alpha value is -3.23. The summed E-state index contributed by atoms with van der Waals surface area (Å²) in [7, 11) is 0. The van der Waals surface area contributed by atoms with Crippen LogP contribution in [0.2, 0.25) is 0 Å². The van der Waals surface area contributed by atoms with E-state index in [4.69, 9.17) is 5.73 Å². The van der Waals surface area contributed by atoms with Crippen LogP contribution >= 0.6 is 0 Å². The Kier molecular flexibility index (Phi) is 6.49. The Morgan fingerprint density at radius 3 is 2.67 bits per heavy atom. The molecule has 3 aromatic rings. The number of amides is 1. The molecule has 1 aliphatic rings. The number of carbonyl (C=O) groups is 1. The molecule has 8 heteroatoms. The lowest BCUT2D eigenvalue weighted by atomic mass is 9.74. The molecule has 0 spiro atoms. The number of nitrogens with two attached hydrogens (primary N) is 1. The molecule has 2 aromatic heterocycles. The second-order valence-electron chi connectivity index (χ2n) is 8.73. The van der Waals surface area contributed by atoms with Gasteiger partial charge in [0.1, 0.15) is 23.0 Å². The Balaban J connectivity index is 1.62. The second-order valence-corrected chi connectivity index (χ2v) is 8.73. The predicted octanol–water partition coefficient (Wildman–Crippen LogP) is 4.18. The largest absolute Gasteiger partial charge is 0.391 e. The van der Waals surface area contributed by atoms with Crippen molar-refractivity contribution in [2.75, 3.05) is 5.32 Å². The van der Waals surface area contributed by atoms with E-state index in [1.165, 1.54) is 18.2 Å². The number of carbonyl (C=O) groups excluding carboxylic acids is 1. The summed E-state index contributed by atoms with van der Waals surface area (Å²) >= 11 is 0. The van der Waals surface area contributed by atoms with Gasteiger partial charge in [0.15, 0.2) is 0 Å². The van der Waals surface area contributed by atoms with E-state index < -0.39 is 23.6 Å². The van der Waals surface area contributed by atoms with Crippen LogP contribution < -0.4 is 11.1 Å². The number of aliphatic hydroxyl groups is 1. The SMILES string of the molecule is Cc1ccc(F)c(-c2nc(C(=O)Nc3cnccc3[C@H]3C[C@@H](N)C(O)[C@@H](C)C3)ccc2F)c1. The molecule has 172 valence electrons. The molecule has 0 radical (unpaired) electrons. The van der Waals surface area contributed by atoms with Crippen LogP contribution in [0.25, 0.3) is 11.3 Å². The number of aromatic nitrogens is 2. The first-order valence-corrected chi connectivity index (χ1v) is 10.9. The summed E-state index contributed by atoms with van der Waals surface area (Å²) < 4.78 is 28.8. The van der Waals surface area contributed by atoms with E-state index in [0.717, 1.165) is 17.2 Å². The number of pyridine rings is 2. The van der Waals surface area contributed by atoms with Crippen LogP contribution in [0.3, 0.4) is 0 Å². The fourth-order valence-electron chi connectivity index (χ4n) is 4.46. The van der Waals surface area contributed by atoms with Crippen molar-refractivity contribution in [3.8, 4) is 11.3 Å². The summed E-state index contributed by atoms with van der Waals surface area (Å²) in [4.78, 5) is 21.2. The van der Waals surface area contributed by atoms with Crippen molar-refractivity contribution >= 4 is 11.6 Å². The molecular weight excluding hydrogens is 426 g/mol. The molecule has 4 atom stereocenters. The van der Waals surface area contributed by atoms with Crippen molar-refractivity contribution in [2.45, 2.75) is 44.8 Å². The number of halogens is 2. The molecule has 0 aliphatic heterocycles. The van der Waals surface area contributed by atoms with E-state index in [9.17, 15) is 18.7 Å². The highest BCUT2D eigenvalue weighted by molar-refractivity contribution is 6.03. The number of anilines is 1. The lowest BCUT2D eigenvalue weighted by Crippen LogP contribution is -2.44. The van der Waals surface area contributed by atoms with Crippen molar-refractivity contribution in [3.05, 3.63) is 77.2 Å².